The van der Waals surface area contributed by atoms with Crippen molar-refractivity contribution in [3.8, 4) is 0 Å². The van der Waals surface area contributed by atoms with Crippen LogP contribution in [0.3, 0.4) is 0 Å². The Morgan fingerprint density at radius 3 is 2.32 bits per heavy atom. The number of benzene rings is 2. The first-order valence-corrected chi connectivity index (χ1v) is 8.28. The van der Waals surface area contributed by atoms with E-state index in [0.717, 1.165) is 23.4 Å². The predicted molar refractivity (Wildman–Crippen MR) is 106 cm³/mol. The second-order valence-corrected chi connectivity index (χ2v) is 6.33. The van der Waals surface area contributed by atoms with Gasteiger partial charge in [0.05, 0.1) is 13.2 Å². The van der Waals surface area contributed by atoms with Crippen molar-refractivity contribution in [2.75, 3.05) is 19.5 Å². The van der Waals surface area contributed by atoms with Gasteiger partial charge in [0.1, 0.15) is 0 Å². The minimum atomic E-state index is 0.0271. The molecule has 0 unspecified atom stereocenters. The van der Waals surface area contributed by atoms with Crippen molar-refractivity contribution in [2.24, 2.45) is 0 Å². The summed E-state index contributed by atoms with van der Waals surface area (Å²) in [6.07, 6.45) is 0. The molecular formula is C22H24N2O. The summed E-state index contributed by atoms with van der Waals surface area (Å²) >= 11 is 0. The molecule has 1 aliphatic carbocycles. The lowest BCUT2D eigenvalue weighted by atomic mass is 10.1. The highest BCUT2D eigenvalue weighted by Crippen LogP contribution is 2.40. The molecule has 0 saturated heterocycles. The number of ether oxygens (including phenoxy) is 1. The molecule has 0 spiro atoms. The minimum Gasteiger partial charge on any atom is -0.483 e. The number of nitrogens with one attached hydrogen (secondary N) is 1. The normalized spacial score (nSPS) is 13.5. The first kappa shape index (κ1) is 16.9. The average Bonchev–Trinajstić information content (AvgIpc) is 2.86. The molecule has 0 atom stereocenters. The van der Waals surface area contributed by atoms with Crippen LogP contribution < -0.4 is 5.32 Å². The SMILES string of the molecule is C=C1c2ccccc2C(=C)C1Nc1cccc(CN(C)C(=C)OC)c1. The van der Waals surface area contributed by atoms with Crippen molar-refractivity contribution in [2.45, 2.75) is 12.6 Å². The summed E-state index contributed by atoms with van der Waals surface area (Å²) < 4.78 is 5.18. The van der Waals surface area contributed by atoms with Gasteiger partial charge < -0.3 is 15.0 Å². The maximum absolute atomic E-state index is 5.18. The summed E-state index contributed by atoms with van der Waals surface area (Å²) in [6, 6.07) is 16.7. The Morgan fingerprint density at radius 2 is 1.72 bits per heavy atom. The van der Waals surface area contributed by atoms with Gasteiger partial charge >= 0.3 is 0 Å². The third kappa shape index (κ3) is 3.31. The minimum absolute atomic E-state index is 0.0271. The molecule has 3 heteroatoms. The third-order valence-corrected chi connectivity index (χ3v) is 4.64. The molecule has 0 aliphatic heterocycles. The summed E-state index contributed by atoms with van der Waals surface area (Å²) in [5.74, 6) is 0.645. The third-order valence-electron chi connectivity index (χ3n) is 4.64. The Balaban J connectivity index is 1.76. The summed E-state index contributed by atoms with van der Waals surface area (Å²) in [5.41, 5.74) is 6.72. The molecule has 0 saturated carbocycles. The van der Waals surface area contributed by atoms with E-state index in [9.17, 15) is 0 Å². The Kier molecular flexibility index (Phi) is 4.66. The van der Waals surface area contributed by atoms with Crippen LogP contribution >= 0.6 is 0 Å². The van der Waals surface area contributed by atoms with Crippen LogP contribution in [0.4, 0.5) is 5.69 Å². The van der Waals surface area contributed by atoms with Gasteiger partial charge in [-0.05, 0) is 46.5 Å². The number of hydrogen-bond donors (Lipinski definition) is 1. The first-order chi connectivity index (χ1) is 12.0. The number of fused-ring (bicyclic) bond motifs is 1. The van der Waals surface area contributed by atoms with Gasteiger partial charge in [-0.2, -0.15) is 0 Å². The van der Waals surface area contributed by atoms with Crippen LogP contribution in [0.2, 0.25) is 0 Å². The van der Waals surface area contributed by atoms with Gasteiger partial charge in [0.2, 0.25) is 0 Å². The maximum Gasteiger partial charge on any atom is 0.181 e. The molecule has 0 heterocycles. The summed E-state index contributed by atoms with van der Waals surface area (Å²) in [5, 5.41) is 3.57. The number of hydrogen-bond acceptors (Lipinski definition) is 3. The molecule has 0 amide bonds. The predicted octanol–water partition coefficient (Wildman–Crippen LogP) is 4.76. The zero-order valence-corrected chi connectivity index (χ0v) is 14.9. The lowest BCUT2D eigenvalue weighted by Crippen LogP contribution is -2.19. The summed E-state index contributed by atoms with van der Waals surface area (Å²) in [6.45, 7) is 13.2. The Bertz CT molecular complexity index is 802. The fourth-order valence-corrected chi connectivity index (χ4v) is 3.18. The standard InChI is InChI=1S/C22H24N2O/c1-15-20-11-6-7-12-21(20)16(2)22(15)23-19-10-8-9-18(13-19)14-24(4)17(3)25-5/h6-13,22-23H,1-3,14H2,4-5H3. The highest BCUT2D eigenvalue weighted by Gasteiger charge is 2.28. The molecular weight excluding hydrogens is 308 g/mol. The second kappa shape index (κ2) is 6.89. The van der Waals surface area contributed by atoms with E-state index in [-0.39, 0.29) is 6.04 Å². The molecule has 1 N–H and O–H groups in total. The molecule has 0 aromatic heterocycles. The molecule has 1 aliphatic rings. The fraction of sp³-hybridized carbons (Fsp3) is 0.182. The van der Waals surface area contributed by atoms with Crippen LogP contribution in [-0.2, 0) is 11.3 Å². The highest BCUT2D eigenvalue weighted by molar-refractivity contribution is 5.98. The van der Waals surface area contributed by atoms with Crippen molar-refractivity contribution >= 4 is 16.8 Å². The van der Waals surface area contributed by atoms with Gasteiger partial charge in [0, 0.05) is 19.3 Å². The van der Waals surface area contributed by atoms with Crippen molar-refractivity contribution in [3.63, 3.8) is 0 Å². The molecule has 2 aromatic rings. The Morgan fingerprint density at radius 1 is 1.08 bits per heavy atom. The molecule has 3 nitrogen and oxygen atoms in total. The largest absolute Gasteiger partial charge is 0.483 e. The lowest BCUT2D eigenvalue weighted by Gasteiger charge is -2.21. The number of anilines is 1. The fourth-order valence-electron chi connectivity index (χ4n) is 3.18. The van der Waals surface area contributed by atoms with Gasteiger partial charge in [0.25, 0.3) is 0 Å². The Hall–Kier alpha value is -2.94. The van der Waals surface area contributed by atoms with Crippen LogP contribution in [0, 0.1) is 0 Å². The van der Waals surface area contributed by atoms with Crippen LogP contribution in [0.25, 0.3) is 11.1 Å². The monoisotopic (exact) mass is 332 g/mol. The van der Waals surface area contributed by atoms with Crippen LogP contribution in [0.5, 0.6) is 0 Å². The van der Waals surface area contributed by atoms with Crippen molar-refractivity contribution in [3.05, 3.63) is 90.8 Å². The van der Waals surface area contributed by atoms with E-state index in [1.165, 1.54) is 16.7 Å². The molecule has 0 fully saturated rings. The average molecular weight is 332 g/mol. The van der Waals surface area contributed by atoms with Gasteiger partial charge in [-0.25, -0.2) is 0 Å². The van der Waals surface area contributed by atoms with Crippen molar-refractivity contribution < 1.29 is 4.74 Å². The quantitative estimate of drug-likeness (QED) is 0.772. The molecule has 0 radical (unpaired) electrons. The van der Waals surface area contributed by atoms with Gasteiger partial charge in [-0.1, -0.05) is 49.6 Å². The summed E-state index contributed by atoms with van der Waals surface area (Å²) in [7, 11) is 3.59. The topological polar surface area (TPSA) is 24.5 Å². The van der Waals surface area contributed by atoms with E-state index in [4.69, 9.17) is 4.74 Å². The smallest absolute Gasteiger partial charge is 0.181 e. The molecule has 128 valence electrons. The van der Waals surface area contributed by atoms with Gasteiger partial charge in [-0.3, -0.25) is 0 Å². The highest BCUT2D eigenvalue weighted by atomic mass is 16.5. The van der Waals surface area contributed by atoms with E-state index >= 15 is 0 Å². The lowest BCUT2D eigenvalue weighted by molar-refractivity contribution is 0.172. The van der Waals surface area contributed by atoms with E-state index in [1.807, 2.05) is 24.1 Å². The Labute approximate surface area is 149 Å². The maximum atomic E-state index is 5.18. The van der Waals surface area contributed by atoms with Crippen LogP contribution in [0.1, 0.15) is 16.7 Å². The number of methoxy groups -OCH3 is 1. The van der Waals surface area contributed by atoms with E-state index in [0.29, 0.717) is 5.88 Å². The van der Waals surface area contributed by atoms with E-state index < -0.39 is 0 Å². The first-order valence-electron chi connectivity index (χ1n) is 8.28. The van der Waals surface area contributed by atoms with Gasteiger partial charge in [-0.15, -0.1) is 0 Å². The van der Waals surface area contributed by atoms with Crippen molar-refractivity contribution in [1.82, 2.24) is 4.90 Å². The van der Waals surface area contributed by atoms with Crippen molar-refractivity contribution in [1.29, 1.82) is 0 Å². The van der Waals surface area contributed by atoms with E-state index in [1.54, 1.807) is 7.11 Å². The molecule has 3 rings (SSSR count). The number of nitrogens with zero attached hydrogens (tertiary/aromatic N) is 1. The zero-order chi connectivity index (χ0) is 18.0. The summed E-state index contributed by atoms with van der Waals surface area (Å²) in [4.78, 5) is 1.97. The molecule has 25 heavy (non-hydrogen) atoms. The molecule has 2 aromatic carbocycles. The molecule has 0 bridgehead atoms. The number of rotatable bonds is 6. The van der Waals surface area contributed by atoms with Crippen LogP contribution in [0.15, 0.2) is 74.2 Å². The second-order valence-electron chi connectivity index (χ2n) is 6.33. The van der Waals surface area contributed by atoms with E-state index in [2.05, 4.69) is 61.5 Å². The van der Waals surface area contributed by atoms with Gasteiger partial charge in [0.15, 0.2) is 5.88 Å². The zero-order valence-electron chi connectivity index (χ0n) is 14.9. The van der Waals surface area contributed by atoms with Crippen LogP contribution in [-0.4, -0.2) is 25.1 Å².